The molecule has 0 heterocycles. The third-order valence-corrected chi connectivity index (χ3v) is 2.98. The minimum atomic E-state index is -0.606. The molecule has 0 saturated carbocycles. The van der Waals surface area contributed by atoms with E-state index in [1.165, 1.54) is 12.0 Å². The molecule has 0 fully saturated rings. The molecular formula is C13H19ClN2O3. The molecule has 0 radical (unpaired) electrons. The largest absolute Gasteiger partial charge is 0.490 e. The van der Waals surface area contributed by atoms with Gasteiger partial charge in [0.15, 0.2) is 0 Å². The SMILES string of the molecule is COC(CN)C(=O)N(C)CCOc1ccccc1Cl. The van der Waals surface area contributed by atoms with Crippen LogP contribution in [-0.2, 0) is 9.53 Å². The van der Waals surface area contributed by atoms with Crippen LogP contribution >= 0.6 is 11.6 Å². The quantitative estimate of drug-likeness (QED) is 0.817. The number of carbonyl (C=O) groups excluding carboxylic acids is 1. The molecule has 1 atom stereocenters. The number of benzene rings is 1. The van der Waals surface area contributed by atoms with Crippen molar-refractivity contribution in [3.05, 3.63) is 29.3 Å². The molecular weight excluding hydrogens is 268 g/mol. The number of rotatable bonds is 7. The second-order valence-corrected chi connectivity index (χ2v) is 4.41. The lowest BCUT2D eigenvalue weighted by molar-refractivity contribution is -0.140. The molecule has 6 heteroatoms. The van der Waals surface area contributed by atoms with Gasteiger partial charge in [-0.1, -0.05) is 23.7 Å². The van der Waals surface area contributed by atoms with Crippen molar-refractivity contribution in [3.8, 4) is 5.75 Å². The zero-order valence-corrected chi connectivity index (χ0v) is 11.9. The summed E-state index contributed by atoms with van der Waals surface area (Å²) in [7, 11) is 3.14. The van der Waals surface area contributed by atoms with Gasteiger partial charge in [0.1, 0.15) is 18.5 Å². The fourth-order valence-electron chi connectivity index (χ4n) is 1.51. The van der Waals surface area contributed by atoms with Crippen LogP contribution in [0.1, 0.15) is 0 Å². The van der Waals surface area contributed by atoms with Gasteiger partial charge in [-0.25, -0.2) is 0 Å². The third-order valence-electron chi connectivity index (χ3n) is 2.67. The Labute approximate surface area is 118 Å². The number of carbonyl (C=O) groups is 1. The summed E-state index contributed by atoms with van der Waals surface area (Å²) in [5.41, 5.74) is 5.44. The second-order valence-electron chi connectivity index (χ2n) is 4.00. The maximum atomic E-state index is 11.9. The van der Waals surface area contributed by atoms with Crippen LogP contribution in [0.5, 0.6) is 5.75 Å². The van der Waals surface area contributed by atoms with E-state index in [-0.39, 0.29) is 12.5 Å². The van der Waals surface area contributed by atoms with E-state index in [0.29, 0.717) is 23.9 Å². The highest BCUT2D eigenvalue weighted by Gasteiger charge is 2.19. The maximum absolute atomic E-state index is 11.9. The molecule has 0 aliphatic carbocycles. The molecule has 1 aromatic carbocycles. The molecule has 19 heavy (non-hydrogen) atoms. The molecule has 0 aromatic heterocycles. The van der Waals surface area contributed by atoms with Crippen molar-refractivity contribution in [1.29, 1.82) is 0 Å². The number of hydrogen-bond acceptors (Lipinski definition) is 4. The van der Waals surface area contributed by atoms with Crippen LogP contribution in [0.2, 0.25) is 5.02 Å². The zero-order chi connectivity index (χ0) is 14.3. The lowest BCUT2D eigenvalue weighted by atomic mass is 10.3. The van der Waals surface area contributed by atoms with Crippen molar-refractivity contribution in [3.63, 3.8) is 0 Å². The summed E-state index contributed by atoms with van der Waals surface area (Å²) in [5.74, 6) is 0.444. The summed E-state index contributed by atoms with van der Waals surface area (Å²) in [6, 6.07) is 7.20. The average Bonchev–Trinajstić information content (AvgIpc) is 2.42. The predicted molar refractivity (Wildman–Crippen MR) is 74.4 cm³/mol. The Balaban J connectivity index is 2.41. The fourth-order valence-corrected chi connectivity index (χ4v) is 1.70. The first-order valence-corrected chi connectivity index (χ1v) is 6.33. The molecule has 5 nitrogen and oxygen atoms in total. The van der Waals surface area contributed by atoms with Gasteiger partial charge in [-0.05, 0) is 12.1 Å². The van der Waals surface area contributed by atoms with Crippen molar-refractivity contribution in [1.82, 2.24) is 4.90 Å². The summed E-state index contributed by atoms with van der Waals surface area (Å²) in [4.78, 5) is 13.4. The topological polar surface area (TPSA) is 64.8 Å². The molecule has 2 N–H and O–H groups in total. The second kappa shape index (κ2) is 7.99. The molecule has 0 aliphatic rings. The van der Waals surface area contributed by atoms with Crippen molar-refractivity contribution >= 4 is 17.5 Å². The first kappa shape index (κ1) is 15.8. The predicted octanol–water partition coefficient (Wildman–Crippen LogP) is 1.15. The number of nitrogens with zero attached hydrogens (tertiary/aromatic N) is 1. The van der Waals surface area contributed by atoms with Gasteiger partial charge in [0.05, 0.1) is 11.6 Å². The lowest BCUT2D eigenvalue weighted by Gasteiger charge is -2.22. The standard InChI is InChI=1S/C13H19ClN2O3/c1-16(13(17)12(9-15)18-2)7-8-19-11-6-4-3-5-10(11)14/h3-6,12H,7-9,15H2,1-2H3. The van der Waals surface area contributed by atoms with Gasteiger partial charge in [0.25, 0.3) is 5.91 Å². The van der Waals surface area contributed by atoms with Crippen molar-refractivity contribution < 1.29 is 14.3 Å². The van der Waals surface area contributed by atoms with Crippen LogP contribution < -0.4 is 10.5 Å². The van der Waals surface area contributed by atoms with Crippen LogP contribution in [0, 0.1) is 0 Å². The smallest absolute Gasteiger partial charge is 0.252 e. The molecule has 106 valence electrons. The van der Waals surface area contributed by atoms with E-state index in [4.69, 9.17) is 26.8 Å². The normalized spacial score (nSPS) is 12.0. The highest BCUT2D eigenvalue weighted by molar-refractivity contribution is 6.32. The summed E-state index contributed by atoms with van der Waals surface area (Å²) in [6.07, 6.45) is -0.606. The summed E-state index contributed by atoms with van der Waals surface area (Å²) < 4.78 is 10.5. The Hall–Kier alpha value is -1.30. The molecule has 0 bridgehead atoms. The fraction of sp³-hybridized carbons (Fsp3) is 0.462. The number of likely N-dealkylation sites (N-methyl/N-ethyl adjacent to an activating group) is 1. The number of ether oxygens (including phenoxy) is 2. The minimum absolute atomic E-state index is 0.158. The molecule has 0 saturated heterocycles. The maximum Gasteiger partial charge on any atom is 0.252 e. The van der Waals surface area contributed by atoms with E-state index in [1.807, 2.05) is 12.1 Å². The Kier molecular flexibility index (Phi) is 6.62. The molecule has 1 amide bonds. The summed E-state index contributed by atoms with van der Waals surface area (Å²) in [6.45, 7) is 0.946. The van der Waals surface area contributed by atoms with Crippen LogP contribution in [0.15, 0.2) is 24.3 Å². The van der Waals surface area contributed by atoms with Gasteiger partial charge in [-0.2, -0.15) is 0 Å². The van der Waals surface area contributed by atoms with Crippen molar-refractivity contribution in [2.45, 2.75) is 6.10 Å². The molecule has 0 spiro atoms. The number of nitrogens with two attached hydrogens (primary N) is 1. The Morgan fingerprint density at radius 3 is 2.74 bits per heavy atom. The Bertz CT molecular complexity index is 411. The molecule has 1 rings (SSSR count). The average molecular weight is 287 g/mol. The summed E-state index contributed by atoms with van der Waals surface area (Å²) in [5, 5.41) is 0.549. The monoisotopic (exact) mass is 286 g/mol. The van der Waals surface area contributed by atoms with E-state index in [1.54, 1.807) is 19.2 Å². The van der Waals surface area contributed by atoms with Gasteiger partial charge >= 0.3 is 0 Å². The highest BCUT2D eigenvalue weighted by Crippen LogP contribution is 2.22. The summed E-state index contributed by atoms with van der Waals surface area (Å²) >= 11 is 5.96. The first-order chi connectivity index (χ1) is 9.10. The number of methoxy groups -OCH3 is 1. The first-order valence-electron chi connectivity index (χ1n) is 5.95. The zero-order valence-electron chi connectivity index (χ0n) is 11.1. The Morgan fingerprint density at radius 2 is 2.16 bits per heavy atom. The van der Waals surface area contributed by atoms with E-state index >= 15 is 0 Å². The highest BCUT2D eigenvalue weighted by atomic mass is 35.5. The van der Waals surface area contributed by atoms with Gasteiger partial charge in [0, 0.05) is 20.7 Å². The number of hydrogen-bond donors (Lipinski definition) is 1. The van der Waals surface area contributed by atoms with E-state index < -0.39 is 6.10 Å². The van der Waals surface area contributed by atoms with Gasteiger partial charge in [-0.3, -0.25) is 4.79 Å². The van der Waals surface area contributed by atoms with Crippen LogP contribution in [0.4, 0.5) is 0 Å². The van der Waals surface area contributed by atoms with Crippen LogP contribution in [-0.4, -0.2) is 50.8 Å². The number of para-hydroxylation sites is 1. The van der Waals surface area contributed by atoms with Crippen LogP contribution in [0.3, 0.4) is 0 Å². The van der Waals surface area contributed by atoms with Crippen molar-refractivity contribution in [2.24, 2.45) is 5.73 Å². The molecule has 1 unspecified atom stereocenters. The minimum Gasteiger partial charge on any atom is -0.490 e. The van der Waals surface area contributed by atoms with Crippen molar-refractivity contribution in [2.75, 3.05) is 33.9 Å². The lowest BCUT2D eigenvalue weighted by Crippen LogP contribution is -2.43. The number of amides is 1. The van der Waals surface area contributed by atoms with Gasteiger partial charge in [-0.15, -0.1) is 0 Å². The molecule has 0 aliphatic heterocycles. The Morgan fingerprint density at radius 1 is 1.47 bits per heavy atom. The number of halogens is 1. The molecule has 1 aromatic rings. The van der Waals surface area contributed by atoms with E-state index in [2.05, 4.69) is 0 Å². The van der Waals surface area contributed by atoms with Gasteiger partial charge in [0.2, 0.25) is 0 Å². The van der Waals surface area contributed by atoms with E-state index in [9.17, 15) is 4.79 Å². The van der Waals surface area contributed by atoms with E-state index in [0.717, 1.165) is 0 Å². The third kappa shape index (κ3) is 4.70. The van der Waals surface area contributed by atoms with Gasteiger partial charge < -0.3 is 20.1 Å². The van der Waals surface area contributed by atoms with Crippen LogP contribution in [0.25, 0.3) is 0 Å².